The number of allylic oxidation sites excluding steroid dienone is 1. The summed E-state index contributed by atoms with van der Waals surface area (Å²) in [6.07, 6.45) is -1.99. The van der Waals surface area contributed by atoms with Crippen LogP contribution in [0, 0.1) is 0 Å². The quantitative estimate of drug-likeness (QED) is 0.857. The Hall–Kier alpha value is -2.31. The fraction of sp³-hybridized carbons (Fsp3) is 0.412. The van der Waals surface area contributed by atoms with E-state index in [4.69, 9.17) is 5.73 Å². The van der Waals surface area contributed by atoms with E-state index in [0.29, 0.717) is 25.5 Å². The van der Waals surface area contributed by atoms with Gasteiger partial charge in [-0.05, 0) is 24.8 Å². The SMILES string of the molecule is NC(=O)CC1CCCCN1C(=O)C=C(c1ccccc1)C(F)(F)F. The van der Waals surface area contributed by atoms with E-state index in [1.807, 2.05) is 0 Å². The summed E-state index contributed by atoms with van der Waals surface area (Å²) >= 11 is 0. The number of rotatable bonds is 4. The molecule has 1 fully saturated rings. The van der Waals surface area contributed by atoms with E-state index < -0.39 is 29.6 Å². The molecule has 7 heteroatoms. The molecule has 0 saturated carbocycles. The van der Waals surface area contributed by atoms with Crippen LogP contribution in [0.4, 0.5) is 13.2 Å². The second-order valence-corrected chi connectivity index (χ2v) is 5.77. The maximum absolute atomic E-state index is 13.3. The summed E-state index contributed by atoms with van der Waals surface area (Å²) in [4.78, 5) is 24.9. The molecule has 4 nitrogen and oxygen atoms in total. The van der Waals surface area contributed by atoms with Crippen LogP contribution in [0.25, 0.3) is 5.57 Å². The van der Waals surface area contributed by atoms with Gasteiger partial charge in [0.25, 0.3) is 0 Å². The van der Waals surface area contributed by atoms with Crippen molar-refractivity contribution >= 4 is 17.4 Å². The fourth-order valence-corrected chi connectivity index (χ4v) is 2.89. The Bertz CT molecular complexity index is 626. The zero-order chi connectivity index (χ0) is 17.7. The molecule has 130 valence electrons. The number of halogens is 3. The van der Waals surface area contributed by atoms with Gasteiger partial charge in [0.05, 0.1) is 5.57 Å². The highest BCUT2D eigenvalue weighted by Gasteiger charge is 2.36. The number of likely N-dealkylation sites (tertiary alicyclic amines) is 1. The normalized spacial score (nSPS) is 19.2. The van der Waals surface area contributed by atoms with Gasteiger partial charge in [0.2, 0.25) is 11.8 Å². The summed E-state index contributed by atoms with van der Waals surface area (Å²) in [5, 5.41) is 0. The number of primary amides is 1. The number of nitrogens with zero attached hydrogens (tertiary/aromatic N) is 1. The Morgan fingerprint density at radius 2 is 1.88 bits per heavy atom. The minimum atomic E-state index is -4.65. The van der Waals surface area contributed by atoms with Crippen molar-refractivity contribution in [3.8, 4) is 0 Å². The topological polar surface area (TPSA) is 63.4 Å². The first-order chi connectivity index (χ1) is 11.3. The lowest BCUT2D eigenvalue weighted by Gasteiger charge is -2.34. The number of alkyl halides is 3. The summed E-state index contributed by atoms with van der Waals surface area (Å²) < 4.78 is 40.0. The first-order valence-corrected chi connectivity index (χ1v) is 7.72. The van der Waals surface area contributed by atoms with Gasteiger partial charge in [-0.15, -0.1) is 0 Å². The van der Waals surface area contributed by atoms with Crippen LogP contribution in [-0.2, 0) is 9.59 Å². The van der Waals surface area contributed by atoms with Gasteiger partial charge in [-0.3, -0.25) is 9.59 Å². The molecule has 1 unspecified atom stereocenters. The van der Waals surface area contributed by atoms with Crippen molar-refractivity contribution in [2.45, 2.75) is 37.9 Å². The second-order valence-electron chi connectivity index (χ2n) is 5.77. The lowest BCUT2D eigenvalue weighted by atomic mass is 9.98. The zero-order valence-electron chi connectivity index (χ0n) is 13.1. The highest BCUT2D eigenvalue weighted by molar-refractivity contribution is 5.96. The van der Waals surface area contributed by atoms with Crippen molar-refractivity contribution in [2.75, 3.05) is 6.54 Å². The van der Waals surface area contributed by atoms with Crippen LogP contribution >= 0.6 is 0 Å². The van der Waals surface area contributed by atoms with E-state index >= 15 is 0 Å². The molecular weight excluding hydrogens is 321 g/mol. The Morgan fingerprint density at radius 1 is 1.21 bits per heavy atom. The van der Waals surface area contributed by atoms with Crippen LogP contribution < -0.4 is 5.73 Å². The van der Waals surface area contributed by atoms with E-state index in [1.54, 1.807) is 6.07 Å². The molecule has 2 rings (SSSR count). The minimum absolute atomic E-state index is 0.0354. The van der Waals surface area contributed by atoms with Crippen LogP contribution in [0.3, 0.4) is 0 Å². The minimum Gasteiger partial charge on any atom is -0.370 e. The van der Waals surface area contributed by atoms with Gasteiger partial charge in [0, 0.05) is 25.1 Å². The van der Waals surface area contributed by atoms with Crippen LogP contribution in [0.1, 0.15) is 31.2 Å². The highest BCUT2D eigenvalue weighted by Crippen LogP contribution is 2.34. The number of benzene rings is 1. The number of hydrogen-bond acceptors (Lipinski definition) is 2. The van der Waals surface area contributed by atoms with E-state index in [-0.39, 0.29) is 12.0 Å². The average molecular weight is 340 g/mol. The van der Waals surface area contributed by atoms with Gasteiger partial charge in [-0.1, -0.05) is 30.3 Å². The molecule has 0 spiro atoms. The summed E-state index contributed by atoms with van der Waals surface area (Å²) in [7, 11) is 0. The van der Waals surface area contributed by atoms with Crippen molar-refractivity contribution in [3.63, 3.8) is 0 Å². The van der Waals surface area contributed by atoms with Crippen molar-refractivity contribution in [1.29, 1.82) is 0 Å². The molecule has 1 aromatic carbocycles. The van der Waals surface area contributed by atoms with Crippen LogP contribution in [-0.4, -0.2) is 35.5 Å². The van der Waals surface area contributed by atoms with E-state index in [0.717, 1.165) is 6.42 Å². The van der Waals surface area contributed by atoms with Gasteiger partial charge < -0.3 is 10.6 Å². The number of piperidine rings is 1. The van der Waals surface area contributed by atoms with Crippen LogP contribution in [0.2, 0.25) is 0 Å². The molecule has 2 amide bonds. The molecule has 1 aromatic rings. The Balaban J connectivity index is 2.30. The molecule has 1 aliphatic heterocycles. The standard InChI is InChI=1S/C17H19F3N2O2/c18-17(19,20)14(12-6-2-1-3-7-12)11-16(24)22-9-5-4-8-13(22)10-15(21)23/h1-3,6-7,11,13H,4-5,8-10H2,(H2,21,23). The van der Waals surface area contributed by atoms with Crippen molar-refractivity contribution in [1.82, 2.24) is 4.90 Å². The van der Waals surface area contributed by atoms with Gasteiger partial charge in [0.1, 0.15) is 0 Å². The molecule has 1 aliphatic rings. The highest BCUT2D eigenvalue weighted by atomic mass is 19.4. The molecule has 1 atom stereocenters. The third-order valence-corrected chi connectivity index (χ3v) is 4.01. The molecule has 0 aliphatic carbocycles. The van der Waals surface area contributed by atoms with Gasteiger partial charge in [-0.2, -0.15) is 13.2 Å². The summed E-state index contributed by atoms with van der Waals surface area (Å²) in [5.41, 5.74) is 4.12. The fourth-order valence-electron chi connectivity index (χ4n) is 2.89. The molecule has 1 saturated heterocycles. The predicted molar refractivity (Wildman–Crippen MR) is 83.6 cm³/mol. The molecule has 0 bridgehead atoms. The Morgan fingerprint density at radius 3 is 2.46 bits per heavy atom. The molecule has 1 heterocycles. The van der Waals surface area contributed by atoms with E-state index in [1.165, 1.54) is 29.2 Å². The number of amides is 2. The Labute approximate surface area is 138 Å². The monoisotopic (exact) mass is 340 g/mol. The first kappa shape index (κ1) is 18.0. The second kappa shape index (κ2) is 7.51. The lowest BCUT2D eigenvalue weighted by molar-refractivity contribution is -0.131. The van der Waals surface area contributed by atoms with Crippen molar-refractivity contribution in [3.05, 3.63) is 42.0 Å². The van der Waals surface area contributed by atoms with Gasteiger partial charge >= 0.3 is 6.18 Å². The average Bonchev–Trinajstić information content (AvgIpc) is 2.52. The zero-order valence-corrected chi connectivity index (χ0v) is 13.1. The van der Waals surface area contributed by atoms with Crippen molar-refractivity contribution in [2.24, 2.45) is 5.73 Å². The Kier molecular flexibility index (Phi) is 5.64. The number of hydrogen-bond donors (Lipinski definition) is 1. The largest absolute Gasteiger partial charge is 0.417 e. The van der Waals surface area contributed by atoms with E-state index in [9.17, 15) is 22.8 Å². The van der Waals surface area contributed by atoms with E-state index in [2.05, 4.69) is 0 Å². The summed E-state index contributed by atoms with van der Waals surface area (Å²) in [6, 6.07) is 6.75. The molecule has 0 radical (unpaired) electrons. The molecule has 0 aromatic heterocycles. The van der Waals surface area contributed by atoms with Gasteiger partial charge in [-0.25, -0.2) is 0 Å². The van der Waals surface area contributed by atoms with Crippen molar-refractivity contribution < 1.29 is 22.8 Å². The number of nitrogens with two attached hydrogens (primary N) is 1. The van der Waals surface area contributed by atoms with Crippen LogP contribution in [0.15, 0.2) is 36.4 Å². The summed E-state index contributed by atoms with van der Waals surface area (Å²) in [6.45, 7) is 0.327. The third-order valence-electron chi connectivity index (χ3n) is 4.01. The maximum atomic E-state index is 13.3. The smallest absolute Gasteiger partial charge is 0.370 e. The van der Waals surface area contributed by atoms with Gasteiger partial charge in [0.15, 0.2) is 0 Å². The first-order valence-electron chi connectivity index (χ1n) is 7.72. The lowest BCUT2D eigenvalue weighted by Crippen LogP contribution is -2.45. The molecular formula is C17H19F3N2O2. The predicted octanol–water partition coefficient (Wildman–Crippen LogP) is 2.89. The van der Waals surface area contributed by atoms with Crippen LogP contribution in [0.5, 0.6) is 0 Å². The summed E-state index contributed by atoms with van der Waals surface area (Å²) in [5.74, 6) is -1.31. The molecule has 2 N–H and O–H groups in total. The number of carbonyl (C=O) groups excluding carboxylic acids is 2. The number of carbonyl (C=O) groups is 2. The molecule has 24 heavy (non-hydrogen) atoms. The third kappa shape index (κ3) is 4.59. The maximum Gasteiger partial charge on any atom is 0.417 e.